The van der Waals surface area contributed by atoms with Gasteiger partial charge in [0, 0.05) is 28.8 Å². The van der Waals surface area contributed by atoms with Crippen LogP contribution >= 0.6 is 11.3 Å². The van der Waals surface area contributed by atoms with Crippen LogP contribution in [0.5, 0.6) is 0 Å². The Kier molecular flexibility index (Phi) is 6.02. The zero-order valence-electron chi connectivity index (χ0n) is 18.5. The van der Waals surface area contributed by atoms with Crippen molar-refractivity contribution < 1.29 is 9.18 Å². The van der Waals surface area contributed by atoms with Gasteiger partial charge < -0.3 is 0 Å². The molecule has 0 spiro atoms. The van der Waals surface area contributed by atoms with Crippen LogP contribution in [0.4, 0.5) is 4.39 Å². The first-order valence-electron chi connectivity index (χ1n) is 10.6. The molecule has 8 heteroatoms. The molecule has 6 nitrogen and oxygen atoms in total. The second-order valence-electron chi connectivity index (χ2n) is 8.15. The van der Waals surface area contributed by atoms with Gasteiger partial charge in [0.25, 0.3) is 0 Å². The summed E-state index contributed by atoms with van der Waals surface area (Å²) in [7, 11) is 0. The molecule has 0 aliphatic carbocycles. The van der Waals surface area contributed by atoms with Crippen molar-refractivity contribution in [2.24, 2.45) is 4.99 Å². The first kappa shape index (κ1) is 22.0. The third-order valence-corrected chi connectivity index (χ3v) is 6.96. The van der Waals surface area contributed by atoms with Crippen LogP contribution in [0.1, 0.15) is 71.0 Å². The number of carbonyl (C=O) groups is 1. The molecule has 0 saturated carbocycles. The second-order valence-corrected chi connectivity index (χ2v) is 9.35. The maximum atomic E-state index is 13.3. The maximum absolute atomic E-state index is 13.3. The predicted octanol–water partition coefficient (Wildman–Crippen LogP) is 5.12. The number of hydrogen-bond donors (Lipinski definition) is 0. The number of fused-ring (bicyclic) bond motifs is 3. The van der Waals surface area contributed by atoms with Gasteiger partial charge in [0.1, 0.15) is 22.7 Å². The number of nitrogens with zero attached hydrogens (tertiary/aromatic N) is 5. The fourth-order valence-corrected chi connectivity index (χ4v) is 5.12. The van der Waals surface area contributed by atoms with Crippen molar-refractivity contribution in [3.05, 3.63) is 63.0 Å². The third kappa shape index (κ3) is 4.00. The van der Waals surface area contributed by atoms with E-state index in [0.29, 0.717) is 11.4 Å². The van der Waals surface area contributed by atoms with Crippen molar-refractivity contribution >= 4 is 22.8 Å². The summed E-state index contributed by atoms with van der Waals surface area (Å²) in [4.78, 5) is 18.9. The SMILES string of the molecule is Cc1sc2c(c1C)C(c1ccc(C#N)cc1)=N[C@@H](CC(=O)CCC(C)F)c1nnc(C)n1-2. The van der Waals surface area contributed by atoms with E-state index < -0.39 is 12.2 Å². The molecule has 3 heterocycles. The Hall–Kier alpha value is -3.18. The lowest BCUT2D eigenvalue weighted by atomic mass is 9.98. The fourth-order valence-electron chi connectivity index (χ4n) is 3.90. The van der Waals surface area contributed by atoms with Crippen LogP contribution in [-0.2, 0) is 4.79 Å². The molecule has 0 bridgehead atoms. The molecule has 0 saturated heterocycles. The van der Waals surface area contributed by atoms with Gasteiger partial charge in [0.15, 0.2) is 5.82 Å². The normalized spacial score (nSPS) is 15.9. The number of aromatic nitrogens is 3. The Morgan fingerprint density at radius 3 is 2.62 bits per heavy atom. The second kappa shape index (κ2) is 8.75. The first-order valence-corrected chi connectivity index (χ1v) is 11.4. The standard InChI is InChI=1S/C24H24FN5OS/c1-13(25)5-10-19(31)11-20-23-29-28-16(4)30(23)24-21(14(2)15(3)32-24)22(27-20)18-8-6-17(12-26)7-9-18/h6-9,13,20H,5,10-11H2,1-4H3/t13?,20-/m0/s1. The highest BCUT2D eigenvalue weighted by molar-refractivity contribution is 7.15. The molecule has 32 heavy (non-hydrogen) atoms. The molecule has 0 N–H and O–H groups in total. The molecule has 1 aromatic carbocycles. The van der Waals surface area contributed by atoms with Gasteiger partial charge in [-0.1, -0.05) is 12.1 Å². The predicted molar refractivity (Wildman–Crippen MR) is 122 cm³/mol. The van der Waals surface area contributed by atoms with Gasteiger partial charge in [-0.15, -0.1) is 21.5 Å². The summed E-state index contributed by atoms with van der Waals surface area (Å²) in [6, 6.07) is 8.93. The number of halogens is 1. The number of alkyl halides is 1. The van der Waals surface area contributed by atoms with E-state index in [1.165, 1.54) is 11.8 Å². The van der Waals surface area contributed by atoms with Gasteiger partial charge in [0.05, 0.1) is 23.5 Å². The van der Waals surface area contributed by atoms with Gasteiger partial charge >= 0.3 is 0 Å². The van der Waals surface area contributed by atoms with Gasteiger partial charge in [-0.05, 0) is 51.8 Å². The number of nitriles is 1. The molecule has 1 aliphatic rings. The summed E-state index contributed by atoms with van der Waals surface area (Å²) >= 11 is 1.65. The highest BCUT2D eigenvalue weighted by Gasteiger charge is 2.32. The zero-order valence-corrected chi connectivity index (χ0v) is 19.3. The van der Waals surface area contributed by atoms with Crippen LogP contribution < -0.4 is 0 Å². The highest BCUT2D eigenvalue weighted by atomic mass is 32.1. The molecule has 2 aromatic heterocycles. The molecule has 1 aliphatic heterocycles. The highest BCUT2D eigenvalue weighted by Crippen LogP contribution is 2.39. The van der Waals surface area contributed by atoms with Crippen LogP contribution in [-0.4, -0.2) is 32.4 Å². The van der Waals surface area contributed by atoms with E-state index in [9.17, 15) is 14.4 Å². The number of carbonyl (C=O) groups excluding carboxylic acids is 1. The van der Waals surface area contributed by atoms with Crippen molar-refractivity contribution in [2.45, 2.75) is 59.2 Å². The number of thiophene rings is 1. The van der Waals surface area contributed by atoms with Gasteiger partial charge in [0.2, 0.25) is 0 Å². The maximum Gasteiger partial charge on any atom is 0.163 e. The lowest BCUT2D eigenvalue weighted by Crippen LogP contribution is -2.12. The lowest BCUT2D eigenvalue weighted by Gasteiger charge is -2.12. The van der Waals surface area contributed by atoms with Crippen LogP contribution in [0.15, 0.2) is 29.3 Å². The van der Waals surface area contributed by atoms with E-state index in [-0.39, 0.29) is 25.0 Å². The summed E-state index contributed by atoms with van der Waals surface area (Å²) in [5.41, 5.74) is 4.32. The molecule has 164 valence electrons. The fraction of sp³-hybridized carbons (Fsp3) is 0.375. The quantitative estimate of drug-likeness (QED) is 0.523. The minimum Gasteiger partial charge on any atom is -0.300 e. The third-order valence-electron chi connectivity index (χ3n) is 5.77. The zero-order chi connectivity index (χ0) is 23.0. The van der Waals surface area contributed by atoms with E-state index in [2.05, 4.69) is 30.1 Å². The molecule has 0 radical (unpaired) electrons. The summed E-state index contributed by atoms with van der Waals surface area (Å²) < 4.78 is 15.3. The summed E-state index contributed by atoms with van der Waals surface area (Å²) in [6.45, 7) is 7.49. The Morgan fingerprint density at radius 1 is 1.25 bits per heavy atom. The minimum absolute atomic E-state index is 0.0483. The summed E-state index contributed by atoms with van der Waals surface area (Å²) in [6.07, 6.45) is -0.510. The number of aliphatic imine (C=N–C) groups is 1. The number of rotatable bonds is 6. The average molecular weight is 450 g/mol. The first-order chi connectivity index (χ1) is 15.3. The van der Waals surface area contributed by atoms with Gasteiger partial charge in [-0.3, -0.25) is 14.4 Å². The van der Waals surface area contributed by atoms with E-state index in [1.807, 2.05) is 23.6 Å². The van der Waals surface area contributed by atoms with Crippen LogP contribution in [0.2, 0.25) is 0 Å². The number of ketones is 1. The average Bonchev–Trinajstić information content (AvgIpc) is 3.24. The van der Waals surface area contributed by atoms with Crippen molar-refractivity contribution in [1.29, 1.82) is 5.26 Å². The van der Waals surface area contributed by atoms with E-state index in [0.717, 1.165) is 33.2 Å². The van der Waals surface area contributed by atoms with E-state index >= 15 is 0 Å². The molecular weight excluding hydrogens is 425 g/mol. The Balaban J connectivity index is 1.87. The van der Waals surface area contributed by atoms with Crippen molar-refractivity contribution in [3.63, 3.8) is 0 Å². The monoisotopic (exact) mass is 449 g/mol. The number of aryl methyl sites for hydroxylation is 2. The Bertz CT molecular complexity index is 1250. The topological polar surface area (TPSA) is 83.9 Å². The molecule has 0 fully saturated rings. The van der Waals surface area contributed by atoms with Crippen LogP contribution in [0.25, 0.3) is 5.00 Å². The lowest BCUT2D eigenvalue weighted by molar-refractivity contribution is -0.119. The molecule has 3 aromatic rings. The molecule has 2 atom stereocenters. The molecule has 0 amide bonds. The van der Waals surface area contributed by atoms with Gasteiger partial charge in [-0.2, -0.15) is 5.26 Å². The van der Waals surface area contributed by atoms with Crippen molar-refractivity contribution in [1.82, 2.24) is 14.8 Å². The van der Waals surface area contributed by atoms with Gasteiger partial charge in [-0.25, -0.2) is 4.39 Å². The number of hydrogen-bond acceptors (Lipinski definition) is 6. The van der Waals surface area contributed by atoms with E-state index in [4.69, 9.17) is 4.99 Å². The largest absolute Gasteiger partial charge is 0.300 e. The molecule has 4 rings (SSSR count). The minimum atomic E-state index is -1.02. The number of Topliss-reactive ketones (excluding diaryl/α,β-unsaturated/α-hetero) is 1. The van der Waals surface area contributed by atoms with Crippen molar-refractivity contribution in [2.75, 3.05) is 0 Å². The summed E-state index contributed by atoms with van der Waals surface area (Å²) in [5.74, 6) is 1.30. The van der Waals surface area contributed by atoms with E-state index in [1.54, 1.807) is 23.5 Å². The molecular formula is C24H24FN5OS. The summed E-state index contributed by atoms with van der Waals surface area (Å²) in [5, 5.41) is 18.8. The smallest absolute Gasteiger partial charge is 0.163 e. The van der Waals surface area contributed by atoms with Crippen LogP contribution in [0.3, 0.4) is 0 Å². The molecule has 1 unspecified atom stereocenters. The van der Waals surface area contributed by atoms with Crippen molar-refractivity contribution in [3.8, 4) is 11.1 Å². The number of benzene rings is 1. The Morgan fingerprint density at radius 2 is 1.97 bits per heavy atom. The van der Waals surface area contributed by atoms with Crippen LogP contribution in [0, 0.1) is 32.1 Å². The Labute approximate surface area is 190 Å².